The van der Waals surface area contributed by atoms with Crippen LogP contribution in [0.3, 0.4) is 0 Å². The molecule has 0 fully saturated rings. The van der Waals surface area contributed by atoms with Crippen LogP contribution in [0.5, 0.6) is 0 Å². The van der Waals surface area contributed by atoms with Gasteiger partial charge >= 0.3 is 5.97 Å². The lowest BCUT2D eigenvalue weighted by Gasteiger charge is -2.22. The Morgan fingerprint density at radius 1 is 1.21 bits per heavy atom. The fourth-order valence-corrected chi connectivity index (χ4v) is 2.68. The first-order valence-electron chi connectivity index (χ1n) is 9.08. The molecule has 11 nitrogen and oxygen atoms in total. The van der Waals surface area contributed by atoms with Crippen LogP contribution in [0.1, 0.15) is 26.0 Å². The summed E-state index contributed by atoms with van der Waals surface area (Å²) in [5.41, 5.74) is 6.47. The van der Waals surface area contributed by atoms with E-state index >= 15 is 0 Å². The van der Waals surface area contributed by atoms with E-state index < -0.39 is 41.8 Å². The lowest BCUT2D eigenvalue weighted by atomic mass is 10.0. The van der Waals surface area contributed by atoms with Crippen LogP contribution in [0.25, 0.3) is 0 Å². The van der Waals surface area contributed by atoms with Crippen molar-refractivity contribution in [3.63, 3.8) is 0 Å². The number of hydrogen-bond donors (Lipinski definition) is 7. The molecular formula is C17H28N6O5S. The summed E-state index contributed by atoms with van der Waals surface area (Å²) < 4.78 is 0. The molecule has 3 unspecified atom stereocenters. The van der Waals surface area contributed by atoms with E-state index in [1.54, 1.807) is 6.20 Å². The van der Waals surface area contributed by atoms with Crippen LogP contribution >= 0.6 is 12.6 Å². The van der Waals surface area contributed by atoms with E-state index in [1.165, 1.54) is 6.33 Å². The van der Waals surface area contributed by atoms with Crippen LogP contribution in [-0.2, 0) is 25.6 Å². The second kappa shape index (κ2) is 12.1. The Labute approximate surface area is 174 Å². The number of nitrogens with one attached hydrogen (secondary N) is 4. The molecule has 0 radical (unpaired) electrons. The fourth-order valence-electron chi connectivity index (χ4n) is 2.43. The van der Waals surface area contributed by atoms with Gasteiger partial charge in [0, 0.05) is 24.1 Å². The van der Waals surface area contributed by atoms with Gasteiger partial charge in [-0.25, -0.2) is 9.78 Å². The molecule has 12 heteroatoms. The zero-order chi connectivity index (χ0) is 22.0. The summed E-state index contributed by atoms with van der Waals surface area (Å²) in [6, 6.07) is -2.98. The topological polar surface area (TPSA) is 179 Å². The summed E-state index contributed by atoms with van der Waals surface area (Å²) >= 11 is 3.90. The number of aromatic amines is 1. The van der Waals surface area contributed by atoms with Gasteiger partial charge in [-0.1, -0.05) is 13.8 Å². The molecule has 3 amide bonds. The van der Waals surface area contributed by atoms with E-state index in [2.05, 4.69) is 38.5 Å². The molecule has 1 rings (SSSR count). The number of carboxylic acids is 1. The third kappa shape index (κ3) is 8.96. The van der Waals surface area contributed by atoms with Crippen molar-refractivity contribution in [1.29, 1.82) is 0 Å². The normalized spacial score (nSPS) is 14.0. The van der Waals surface area contributed by atoms with Crippen molar-refractivity contribution in [3.8, 4) is 0 Å². The number of nitrogens with two attached hydrogens (primary N) is 1. The van der Waals surface area contributed by atoms with Crippen LogP contribution in [0.4, 0.5) is 0 Å². The number of H-pyrrole nitrogens is 1. The summed E-state index contributed by atoms with van der Waals surface area (Å²) in [7, 11) is 0. The highest BCUT2D eigenvalue weighted by molar-refractivity contribution is 7.80. The number of aliphatic carboxylic acids is 1. The smallest absolute Gasteiger partial charge is 0.327 e. The van der Waals surface area contributed by atoms with Gasteiger partial charge in [0.25, 0.3) is 0 Å². The summed E-state index contributed by atoms with van der Waals surface area (Å²) in [6.07, 6.45) is 3.54. The third-order valence-electron chi connectivity index (χ3n) is 3.91. The van der Waals surface area contributed by atoms with Crippen molar-refractivity contribution in [2.24, 2.45) is 11.7 Å². The Bertz CT molecular complexity index is 696. The van der Waals surface area contributed by atoms with E-state index in [1.807, 2.05) is 13.8 Å². The zero-order valence-electron chi connectivity index (χ0n) is 16.3. The van der Waals surface area contributed by atoms with Crippen molar-refractivity contribution in [2.45, 2.75) is 44.8 Å². The SMILES string of the molecule is CC(C)CC(NC(=O)CNC(=O)C(N)Cc1cnc[nH]1)C(=O)NC(CS)C(=O)O. The van der Waals surface area contributed by atoms with Crippen LogP contribution in [0.15, 0.2) is 12.5 Å². The first-order chi connectivity index (χ1) is 13.6. The Kier molecular flexibility index (Phi) is 10.2. The predicted octanol–water partition coefficient (Wildman–Crippen LogP) is -1.57. The van der Waals surface area contributed by atoms with Crippen molar-refractivity contribution in [1.82, 2.24) is 25.9 Å². The summed E-state index contributed by atoms with van der Waals surface area (Å²) in [5.74, 6) is -3.00. The summed E-state index contributed by atoms with van der Waals surface area (Å²) in [4.78, 5) is 54.3. The van der Waals surface area contributed by atoms with E-state index in [9.17, 15) is 19.2 Å². The number of thiol groups is 1. The van der Waals surface area contributed by atoms with Gasteiger partial charge in [0.1, 0.15) is 12.1 Å². The molecule has 0 bridgehead atoms. The lowest BCUT2D eigenvalue weighted by Crippen LogP contribution is -2.54. The maximum atomic E-state index is 12.4. The highest BCUT2D eigenvalue weighted by Gasteiger charge is 2.26. The van der Waals surface area contributed by atoms with Crippen molar-refractivity contribution < 1.29 is 24.3 Å². The molecule has 0 aromatic carbocycles. The van der Waals surface area contributed by atoms with Gasteiger partial charge in [0.2, 0.25) is 17.7 Å². The summed E-state index contributed by atoms with van der Waals surface area (Å²) in [6.45, 7) is 3.35. The van der Waals surface area contributed by atoms with Crippen LogP contribution < -0.4 is 21.7 Å². The minimum Gasteiger partial charge on any atom is -0.480 e. The molecule has 1 heterocycles. The number of nitrogens with zero attached hydrogens (tertiary/aromatic N) is 1. The number of imidazole rings is 1. The van der Waals surface area contributed by atoms with Crippen molar-refractivity contribution in [3.05, 3.63) is 18.2 Å². The van der Waals surface area contributed by atoms with Gasteiger partial charge < -0.3 is 31.8 Å². The van der Waals surface area contributed by atoms with Crippen LogP contribution in [0.2, 0.25) is 0 Å². The highest BCUT2D eigenvalue weighted by atomic mass is 32.1. The fraction of sp³-hybridized carbons (Fsp3) is 0.588. The quantitative estimate of drug-likeness (QED) is 0.196. The molecule has 0 aliphatic heterocycles. The van der Waals surface area contributed by atoms with Crippen molar-refractivity contribution >= 4 is 36.3 Å². The number of carboxylic acid groups (broad SMARTS) is 1. The number of aromatic nitrogens is 2. The van der Waals surface area contributed by atoms with E-state index in [4.69, 9.17) is 10.8 Å². The van der Waals surface area contributed by atoms with E-state index in [0.717, 1.165) is 0 Å². The van der Waals surface area contributed by atoms with Crippen LogP contribution in [-0.4, -0.2) is 69.2 Å². The maximum absolute atomic E-state index is 12.4. The Morgan fingerprint density at radius 2 is 1.90 bits per heavy atom. The Balaban J connectivity index is 2.57. The van der Waals surface area contributed by atoms with Gasteiger partial charge in [-0.3, -0.25) is 14.4 Å². The Hall–Kier alpha value is -2.60. The molecule has 0 saturated heterocycles. The average molecular weight is 429 g/mol. The second-order valence-electron chi connectivity index (χ2n) is 6.94. The molecule has 29 heavy (non-hydrogen) atoms. The molecule has 0 aliphatic carbocycles. The van der Waals surface area contributed by atoms with E-state index in [0.29, 0.717) is 12.1 Å². The average Bonchev–Trinajstić information content (AvgIpc) is 3.15. The largest absolute Gasteiger partial charge is 0.480 e. The van der Waals surface area contributed by atoms with Gasteiger partial charge in [-0.15, -0.1) is 0 Å². The number of rotatable bonds is 12. The number of carbonyl (C=O) groups is 4. The molecule has 162 valence electrons. The minimum atomic E-state index is -1.22. The number of amides is 3. The Morgan fingerprint density at radius 3 is 2.41 bits per heavy atom. The summed E-state index contributed by atoms with van der Waals surface area (Å²) in [5, 5.41) is 16.3. The molecule has 3 atom stereocenters. The second-order valence-corrected chi connectivity index (χ2v) is 7.30. The van der Waals surface area contributed by atoms with Gasteiger partial charge in [0.05, 0.1) is 18.9 Å². The number of carbonyl (C=O) groups excluding carboxylic acids is 3. The van der Waals surface area contributed by atoms with Gasteiger partial charge in [-0.05, 0) is 12.3 Å². The zero-order valence-corrected chi connectivity index (χ0v) is 17.2. The predicted molar refractivity (Wildman–Crippen MR) is 108 cm³/mol. The first kappa shape index (κ1) is 24.4. The molecule has 0 spiro atoms. The maximum Gasteiger partial charge on any atom is 0.327 e. The third-order valence-corrected chi connectivity index (χ3v) is 4.28. The molecule has 0 aliphatic rings. The standard InChI is InChI=1S/C17H28N6O5S/c1-9(2)3-12(16(26)23-13(7-29)17(27)28)22-14(24)6-20-15(25)11(18)4-10-5-19-8-21-10/h5,8-9,11-13,29H,3-4,6-7,18H2,1-2H3,(H,19,21)(H,20,25)(H,22,24)(H,23,26)(H,27,28). The molecule has 1 aromatic heterocycles. The van der Waals surface area contributed by atoms with Gasteiger partial charge in [-0.2, -0.15) is 12.6 Å². The lowest BCUT2D eigenvalue weighted by molar-refractivity contribution is -0.141. The molecule has 1 aromatic rings. The highest BCUT2D eigenvalue weighted by Crippen LogP contribution is 2.06. The molecule has 7 N–H and O–H groups in total. The van der Waals surface area contributed by atoms with E-state index in [-0.39, 0.29) is 24.6 Å². The van der Waals surface area contributed by atoms with Crippen LogP contribution in [0, 0.1) is 5.92 Å². The number of hydrogen-bond acceptors (Lipinski definition) is 7. The molecular weight excluding hydrogens is 400 g/mol. The molecule has 0 saturated carbocycles. The minimum absolute atomic E-state index is 0.0581. The van der Waals surface area contributed by atoms with Gasteiger partial charge in [0.15, 0.2) is 0 Å². The monoisotopic (exact) mass is 428 g/mol. The van der Waals surface area contributed by atoms with Crippen molar-refractivity contribution in [2.75, 3.05) is 12.3 Å². The first-order valence-corrected chi connectivity index (χ1v) is 9.71.